The molecule has 3 amide bonds. The van der Waals surface area contributed by atoms with Gasteiger partial charge in [0, 0.05) is 19.2 Å². The number of aromatic nitrogens is 2. The summed E-state index contributed by atoms with van der Waals surface area (Å²) in [5.74, 6) is -1.12. The maximum atomic E-state index is 12.7. The van der Waals surface area contributed by atoms with Crippen LogP contribution >= 0.6 is 11.8 Å². The Kier molecular flexibility index (Phi) is 8.08. The number of ether oxygens (including phenoxy) is 1. The number of hydrogen-bond acceptors (Lipinski definition) is 7. The number of alkyl halides is 2. The minimum absolute atomic E-state index is 0.0174. The van der Waals surface area contributed by atoms with Crippen molar-refractivity contribution in [1.29, 1.82) is 0 Å². The molecule has 0 radical (unpaired) electrons. The number of benzene rings is 2. The number of amides is 3. The van der Waals surface area contributed by atoms with E-state index in [4.69, 9.17) is 0 Å². The zero-order chi connectivity index (χ0) is 26.4. The number of halogens is 2. The van der Waals surface area contributed by atoms with Crippen LogP contribution < -0.4 is 15.6 Å². The van der Waals surface area contributed by atoms with E-state index in [-0.39, 0.29) is 41.5 Å². The Morgan fingerprint density at radius 3 is 2.46 bits per heavy atom. The third kappa shape index (κ3) is 6.67. The predicted molar refractivity (Wildman–Crippen MR) is 132 cm³/mol. The maximum absolute atomic E-state index is 12.7. The molecule has 9 nitrogen and oxygen atoms in total. The van der Waals surface area contributed by atoms with Crippen LogP contribution in [0.5, 0.6) is 5.75 Å². The first-order chi connectivity index (χ1) is 17.8. The van der Waals surface area contributed by atoms with Crippen LogP contribution in [0.15, 0.2) is 76.4 Å². The molecule has 0 aliphatic carbocycles. The number of nitrogens with one attached hydrogen (secondary N) is 1. The Labute approximate surface area is 213 Å². The molecule has 190 valence electrons. The fourth-order valence-electron chi connectivity index (χ4n) is 3.40. The van der Waals surface area contributed by atoms with Crippen molar-refractivity contribution in [3.05, 3.63) is 98.8 Å². The van der Waals surface area contributed by atoms with Gasteiger partial charge in [-0.15, -0.1) is 0 Å². The molecule has 4 rings (SSSR count). The first-order valence-electron chi connectivity index (χ1n) is 11.0. The van der Waals surface area contributed by atoms with Crippen LogP contribution in [0.1, 0.15) is 21.6 Å². The lowest BCUT2D eigenvalue weighted by molar-refractivity contribution is -0.122. The highest BCUT2D eigenvalue weighted by molar-refractivity contribution is 8.18. The van der Waals surface area contributed by atoms with E-state index in [1.54, 1.807) is 0 Å². The monoisotopic (exact) mass is 526 g/mol. The van der Waals surface area contributed by atoms with Gasteiger partial charge in [0.25, 0.3) is 22.6 Å². The van der Waals surface area contributed by atoms with E-state index in [1.807, 2.05) is 30.3 Å². The number of hydrogen-bond donors (Lipinski definition) is 1. The summed E-state index contributed by atoms with van der Waals surface area (Å²) in [6.45, 7) is -2.84. The quantitative estimate of drug-likeness (QED) is 0.426. The highest BCUT2D eigenvalue weighted by Gasteiger charge is 2.34. The molecule has 0 atom stereocenters. The van der Waals surface area contributed by atoms with Gasteiger partial charge >= 0.3 is 6.61 Å². The van der Waals surface area contributed by atoms with Crippen molar-refractivity contribution in [3.63, 3.8) is 0 Å². The average Bonchev–Trinajstić information content (AvgIpc) is 3.14. The average molecular weight is 527 g/mol. The van der Waals surface area contributed by atoms with Crippen molar-refractivity contribution in [2.75, 3.05) is 13.1 Å². The molecular formula is C25H20F2N4O5S. The highest BCUT2D eigenvalue weighted by Crippen LogP contribution is 2.32. The lowest BCUT2D eigenvalue weighted by Crippen LogP contribution is -2.38. The van der Waals surface area contributed by atoms with Crippen molar-refractivity contribution in [2.45, 2.75) is 13.2 Å². The van der Waals surface area contributed by atoms with Crippen LogP contribution in [0, 0.1) is 0 Å². The van der Waals surface area contributed by atoms with Crippen LogP contribution in [0.4, 0.5) is 13.6 Å². The molecule has 1 aromatic heterocycles. The maximum Gasteiger partial charge on any atom is 0.387 e. The zero-order valence-corrected chi connectivity index (χ0v) is 20.0. The van der Waals surface area contributed by atoms with Crippen molar-refractivity contribution in [3.8, 4) is 5.75 Å². The smallest absolute Gasteiger partial charge is 0.387 e. The first-order valence-corrected chi connectivity index (χ1v) is 11.8. The van der Waals surface area contributed by atoms with E-state index in [0.29, 0.717) is 5.56 Å². The van der Waals surface area contributed by atoms with Gasteiger partial charge in [-0.2, -0.15) is 13.9 Å². The Hall–Kier alpha value is -4.32. The van der Waals surface area contributed by atoms with Crippen LogP contribution in [0.2, 0.25) is 0 Å². The number of rotatable bonds is 9. The summed E-state index contributed by atoms with van der Waals surface area (Å²) >= 11 is 0.735. The third-order valence-corrected chi connectivity index (χ3v) is 6.08. The van der Waals surface area contributed by atoms with Crippen LogP contribution in [-0.4, -0.2) is 51.4 Å². The largest absolute Gasteiger partial charge is 0.435 e. The fraction of sp³-hybridized carbons (Fsp3) is 0.160. The summed E-state index contributed by atoms with van der Waals surface area (Å²) in [4.78, 5) is 50.8. The van der Waals surface area contributed by atoms with Crippen molar-refractivity contribution >= 4 is 34.9 Å². The van der Waals surface area contributed by atoms with Crippen molar-refractivity contribution in [1.82, 2.24) is 20.0 Å². The second-order valence-electron chi connectivity index (χ2n) is 7.74. The molecular weight excluding hydrogens is 506 g/mol. The van der Waals surface area contributed by atoms with E-state index in [0.717, 1.165) is 22.2 Å². The molecule has 12 heteroatoms. The molecule has 1 N–H and O–H groups in total. The second-order valence-corrected chi connectivity index (χ2v) is 8.73. The molecule has 1 aliphatic rings. The summed E-state index contributed by atoms with van der Waals surface area (Å²) in [6.07, 6.45) is 1.47. The van der Waals surface area contributed by atoms with Crippen molar-refractivity contribution in [2.24, 2.45) is 0 Å². The normalized spacial score (nSPS) is 14.5. The van der Waals surface area contributed by atoms with Gasteiger partial charge in [-0.3, -0.25) is 24.1 Å². The Bertz CT molecular complexity index is 1390. The number of carbonyl (C=O) groups excluding carboxylic acids is 3. The second kappa shape index (κ2) is 11.6. The Morgan fingerprint density at radius 2 is 1.76 bits per heavy atom. The molecule has 0 spiro atoms. The third-order valence-electron chi connectivity index (χ3n) is 5.17. The number of thioether (sulfide) groups is 1. The lowest BCUT2D eigenvalue weighted by Gasteiger charge is -2.13. The molecule has 37 heavy (non-hydrogen) atoms. The number of imide groups is 1. The molecule has 1 saturated heterocycles. The van der Waals surface area contributed by atoms with E-state index in [9.17, 15) is 28.0 Å². The van der Waals surface area contributed by atoms with E-state index < -0.39 is 23.7 Å². The molecule has 0 bridgehead atoms. The first kappa shape index (κ1) is 25.8. The van der Waals surface area contributed by atoms with Crippen LogP contribution in [0.25, 0.3) is 6.08 Å². The molecule has 3 aromatic rings. The fourth-order valence-corrected chi connectivity index (χ4v) is 4.27. The molecule has 2 heterocycles. The Morgan fingerprint density at radius 1 is 1.03 bits per heavy atom. The summed E-state index contributed by atoms with van der Waals surface area (Å²) in [6, 6.07) is 17.4. The van der Waals surface area contributed by atoms with Gasteiger partial charge < -0.3 is 10.1 Å². The molecule has 0 saturated carbocycles. The number of carbonyl (C=O) groups is 3. The van der Waals surface area contributed by atoms with Gasteiger partial charge in [-0.05, 0) is 47.2 Å². The summed E-state index contributed by atoms with van der Waals surface area (Å²) < 4.78 is 30.0. The van der Waals surface area contributed by atoms with Crippen LogP contribution in [0.3, 0.4) is 0 Å². The number of nitrogens with zero attached hydrogens (tertiary/aromatic N) is 3. The summed E-state index contributed by atoms with van der Waals surface area (Å²) in [7, 11) is 0. The lowest BCUT2D eigenvalue weighted by atomic mass is 10.2. The Balaban J connectivity index is 1.34. The van der Waals surface area contributed by atoms with Gasteiger partial charge in [0.05, 0.1) is 11.4 Å². The zero-order valence-electron chi connectivity index (χ0n) is 19.2. The van der Waals surface area contributed by atoms with Gasteiger partial charge in [-0.1, -0.05) is 42.5 Å². The molecule has 1 aliphatic heterocycles. The van der Waals surface area contributed by atoms with E-state index in [1.165, 1.54) is 47.2 Å². The standard InChI is InChI=1S/C25H20F2N4O5S/c26-24(27)36-18-8-6-16(7-9-18)14-20-23(34)30(25(35)37-20)13-12-28-22(33)19-10-11-21(32)31(29-19)15-17-4-2-1-3-5-17/h1-11,14,24H,12-13,15H2,(H,28,33)/b20-14-. The van der Waals surface area contributed by atoms with Gasteiger partial charge in [-0.25, -0.2) is 4.68 Å². The molecule has 0 unspecified atom stereocenters. The van der Waals surface area contributed by atoms with Gasteiger partial charge in [0.1, 0.15) is 11.4 Å². The molecule has 1 fully saturated rings. The predicted octanol–water partition coefficient (Wildman–Crippen LogP) is 3.36. The van der Waals surface area contributed by atoms with Gasteiger partial charge in [0.15, 0.2) is 0 Å². The topological polar surface area (TPSA) is 111 Å². The van der Waals surface area contributed by atoms with Gasteiger partial charge in [0.2, 0.25) is 0 Å². The summed E-state index contributed by atoms with van der Waals surface area (Å²) in [5.41, 5.74) is 1.03. The minimum Gasteiger partial charge on any atom is -0.435 e. The summed E-state index contributed by atoms with van der Waals surface area (Å²) in [5, 5.41) is 6.20. The highest BCUT2D eigenvalue weighted by atomic mass is 32.2. The van der Waals surface area contributed by atoms with E-state index in [2.05, 4.69) is 15.2 Å². The molecule has 2 aromatic carbocycles. The van der Waals surface area contributed by atoms with Crippen molar-refractivity contribution < 1.29 is 27.9 Å². The van der Waals surface area contributed by atoms with E-state index >= 15 is 0 Å². The minimum atomic E-state index is -2.94. The van der Waals surface area contributed by atoms with Crippen LogP contribution in [-0.2, 0) is 11.3 Å². The SMILES string of the molecule is O=C(NCCN1C(=O)S/C(=C\c2ccc(OC(F)F)cc2)C1=O)c1ccc(=O)n(Cc2ccccc2)n1.